The summed E-state index contributed by atoms with van der Waals surface area (Å²) in [5.41, 5.74) is -2.48. The molecule has 2 spiro atoms. The monoisotopic (exact) mass is 841 g/mol. The second-order valence-corrected chi connectivity index (χ2v) is 24.1. The Morgan fingerprint density at radius 1 is 0.746 bits per heavy atom. The van der Waals surface area contributed by atoms with Crippen molar-refractivity contribution in [1.29, 1.82) is 0 Å². The number of amides is 5. The minimum absolute atomic E-state index is 0.0108. The first-order valence-corrected chi connectivity index (χ1v) is 24.8. The summed E-state index contributed by atoms with van der Waals surface area (Å²) in [5, 5.41) is 8.92. The van der Waals surface area contributed by atoms with Crippen molar-refractivity contribution in [2.24, 2.45) is 39.4 Å². The molecule has 7 atom stereocenters. The fraction of sp³-hybridized carbons (Fsp3) is 0.889. The van der Waals surface area contributed by atoms with Gasteiger partial charge in [0.05, 0.1) is 11.3 Å². The van der Waals surface area contributed by atoms with E-state index < -0.39 is 56.2 Å². The molecule has 8 fully saturated rings. The third-order valence-corrected chi connectivity index (χ3v) is 19.0. The van der Waals surface area contributed by atoms with E-state index in [2.05, 4.69) is 53.3 Å². The van der Waals surface area contributed by atoms with Crippen LogP contribution < -0.4 is 20.7 Å². The van der Waals surface area contributed by atoms with Crippen molar-refractivity contribution in [3.05, 3.63) is 0 Å². The number of hydrogen-bond donors (Lipinski definition) is 4. The molecular weight excluding hydrogens is 769 g/mol. The molecule has 0 aromatic carbocycles. The Hall–Kier alpha value is -2.74. The molecule has 4 N–H and O–H groups in total. The van der Waals surface area contributed by atoms with Gasteiger partial charge >= 0.3 is 0 Å². The van der Waals surface area contributed by atoms with Gasteiger partial charge in [0.25, 0.3) is 5.91 Å². The van der Waals surface area contributed by atoms with Gasteiger partial charge < -0.3 is 20.9 Å². The normalized spacial score (nSPS) is 33.8. The van der Waals surface area contributed by atoms with Crippen LogP contribution in [0.4, 0.5) is 0 Å². The van der Waals surface area contributed by atoms with Crippen molar-refractivity contribution in [2.75, 3.05) is 13.1 Å². The van der Waals surface area contributed by atoms with Gasteiger partial charge in [-0.05, 0) is 131 Å². The molecule has 14 heteroatoms. The third kappa shape index (κ3) is 7.33. The maximum Gasteiger partial charge on any atom is 0.259 e. The highest BCUT2D eigenvalue weighted by Gasteiger charge is 2.85. The molecular formula is C45H72N6O7S. The average Bonchev–Trinajstić information content (AvgIpc) is 3.99. The van der Waals surface area contributed by atoms with Gasteiger partial charge in [0.1, 0.15) is 23.7 Å². The second-order valence-electron chi connectivity index (χ2n) is 22.1. The molecule has 2 saturated heterocycles. The largest absolute Gasteiger partial charge is 0.343 e. The highest BCUT2D eigenvalue weighted by Crippen LogP contribution is 2.88. The van der Waals surface area contributed by atoms with Crippen LogP contribution >= 0.6 is 0 Å². The molecule has 0 bridgehead atoms. The van der Waals surface area contributed by atoms with Crippen LogP contribution in [0.2, 0.25) is 0 Å². The van der Waals surface area contributed by atoms with Crippen LogP contribution in [0.25, 0.3) is 0 Å². The minimum atomic E-state index is -3.83. The molecule has 2 aliphatic heterocycles. The number of carbonyl (C=O) groups excluding carboxylic acids is 5. The van der Waals surface area contributed by atoms with Gasteiger partial charge in [-0.3, -0.25) is 33.6 Å². The van der Waals surface area contributed by atoms with Crippen molar-refractivity contribution in [3.8, 4) is 0 Å². The lowest BCUT2D eigenvalue weighted by Crippen LogP contribution is -2.63. The molecule has 8 aliphatic rings. The lowest BCUT2D eigenvalue weighted by Gasteiger charge is -2.40. The Morgan fingerprint density at radius 2 is 1.41 bits per heavy atom. The van der Waals surface area contributed by atoms with Crippen LogP contribution in [-0.2, 0) is 34.0 Å². The van der Waals surface area contributed by atoms with Gasteiger partial charge in [-0.25, -0.2) is 8.42 Å². The minimum Gasteiger partial charge on any atom is -0.343 e. The van der Waals surface area contributed by atoms with Crippen molar-refractivity contribution in [1.82, 2.24) is 30.5 Å². The van der Waals surface area contributed by atoms with Gasteiger partial charge in [0.2, 0.25) is 33.7 Å². The summed E-state index contributed by atoms with van der Waals surface area (Å²) in [7, 11) is -3.83. The highest BCUT2D eigenvalue weighted by molar-refractivity contribution is 7.91. The predicted octanol–water partition coefficient (Wildman–Crippen LogP) is 4.54. The van der Waals surface area contributed by atoms with Gasteiger partial charge in [-0.1, -0.05) is 66.7 Å². The smallest absolute Gasteiger partial charge is 0.259 e. The standard InChI is InChI=1S/C45H72N6O7S/c1-27(2)50-23-12-11-16-32(50)36(52)46-34(29-14-9-8-10-15-29)38(54)47-35(41(3,4)5)39(55)51-26-44(42(6,7)43(44)21-13-22-43)25-33(51)37(53)48-45(24-31(45)28-17-18-28)40(56)49-59(57,58)30-19-20-30/h27-35H,8-26H2,1-7H3,(H,46,52)(H,47,54)(H,48,53)(H,49,56)/t31-,32-,33-,34-,35+,44+,45+/m0/s1. The van der Waals surface area contributed by atoms with Crippen LogP contribution in [0.3, 0.4) is 0 Å². The summed E-state index contributed by atoms with van der Waals surface area (Å²) < 4.78 is 28.3. The zero-order valence-corrected chi connectivity index (χ0v) is 37.6. The topological polar surface area (TPSA) is 174 Å². The molecule has 6 aliphatic carbocycles. The average molecular weight is 841 g/mol. The fourth-order valence-corrected chi connectivity index (χ4v) is 14.2. The van der Waals surface area contributed by atoms with E-state index in [1.165, 1.54) is 0 Å². The molecule has 5 amide bonds. The van der Waals surface area contributed by atoms with Crippen molar-refractivity contribution >= 4 is 39.6 Å². The van der Waals surface area contributed by atoms with E-state index in [4.69, 9.17) is 0 Å². The van der Waals surface area contributed by atoms with Crippen LogP contribution in [-0.4, -0.2) is 102 Å². The van der Waals surface area contributed by atoms with Gasteiger partial charge in [0.15, 0.2) is 0 Å². The van der Waals surface area contributed by atoms with E-state index in [0.717, 1.165) is 90.0 Å². The molecule has 8 rings (SSSR count). The number of rotatable bonds is 13. The quantitative estimate of drug-likeness (QED) is 0.209. The van der Waals surface area contributed by atoms with E-state index in [1.807, 2.05) is 20.8 Å². The Labute approximate surface area is 352 Å². The molecule has 2 heterocycles. The Bertz CT molecular complexity index is 1830. The van der Waals surface area contributed by atoms with E-state index >= 15 is 4.79 Å². The SMILES string of the molecule is CC(C)N1CCCC[C@H]1C(=O)N[C@H](C(=O)N[C@H](C(=O)N1C[C@]2(C[C@H]1C(=O)N[C@]1(C(=O)NS(=O)(=O)C3CC3)C[C@H]1C1CC1)C(C)(C)C21CCC1)C(C)(C)C)C1CCCCC1. The zero-order chi connectivity index (χ0) is 42.5. The number of sulfonamides is 1. The van der Waals surface area contributed by atoms with Crippen LogP contribution in [0, 0.1) is 39.4 Å². The van der Waals surface area contributed by atoms with E-state index in [0.29, 0.717) is 32.2 Å². The summed E-state index contributed by atoms with van der Waals surface area (Å²) in [6.07, 6.45) is 14.3. The van der Waals surface area contributed by atoms with Crippen molar-refractivity contribution in [3.63, 3.8) is 0 Å². The first-order chi connectivity index (χ1) is 27.7. The van der Waals surface area contributed by atoms with Gasteiger partial charge in [-0.2, -0.15) is 0 Å². The summed E-state index contributed by atoms with van der Waals surface area (Å²) >= 11 is 0. The fourth-order valence-electron chi connectivity index (χ4n) is 12.9. The first-order valence-electron chi connectivity index (χ1n) is 23.2. The first kappa shape index (κ1) is 42.9. The van der Waals surface area contributed by atoms with Crippen LogP contribution in [0.15, 0.2) is 0 Å². The molecule has 59 heavy (non-hydrogen) atoms. The number of piperidine rings is 1. The van der Waals surface area contributed by atoms with Crippen molar-refractivity contribution < 1.29 is 32.4 Å². The highest BCUT2D eigenvalue weighted by atomic mass is 32.2. The molecule has 6 saturated carbocycles. The van der Waals surface area contributed by atoms with E-state index in [9.17, 15) is 27.6 Å². The van der Waals surface area contributed by atoms with Gasteiger partial charge in [-0.15, -0.1) is 0 Å². The zero-order valence-electron chi connectivity index (χ0n) is 36.8. The summed E-state index contributed by atoms with van der Waals surface area (Å²) in [6, 6.07) is -2.80. The van der Waals surface area contributed by atoms with Crippen LogP contribution in [0.5, 0.6) is 0 Å². The Kier molecular flexibility index (Phi) is 10.9. The van der Waals surface area contributed by atoms with E-state index in [-0.39, 0.29) is 63.8 Å². The van der Waals surface area contributed by atoms with Crippen LogP contribution in [0.1, 0.15) is 158 Å². The number of nitrogens with zero attached hydrogens (tertiary/aromatic N) is 2. The lowest BCUT2D eigenvalue weighted by molar-refractivity contribution is -0.145. The molecule has 0 radical (unpaired) electrons. The summed E-state index contributed by atoms with van der Waals surface area (Å²) in [5.74, 6) is -1.87. The summed E-state index contributed by atoms with van der Waals surface area (Å²) in [6.45, 7) is 15.7. The number of carbonyl (C=O) groups is 5. The Balaban J connectivity index is 1.06. The van der Waals surface area contributed by atoms with Crippen molar-refractivity contribution in [2.45, 2.75) is 199 Å². The van der Waals surface area contributed by atoms with Gasteiger partial charge in [0, 0.05) is 18.0 Å². The summed E-state index contributed by atoms with van der Waals surface area (Å²) in [4.78, 5) is 76.8. The maximum absolute atomic E-state index is 15.3. The number of fused-ring (bicyclic) bond motifs is 1. The maximum atomic E-state index is 15.3. The predicted molar refractivity (Wildman–Crippen MR) is 224 cm³/mol. The lowest BCUT2D eigenvalue weighted by atomic mass is 9.73. The second kappa shape index (κ2) is 15.0. The molecule has 0 unspecified atom stereocenters. The molecule has 330 valence electrons. The Morgan fingerprint density at radius 3 is 1.97 bits per heavy atom. The molecule has 0 aromatic heterocycles. The van der Waals surface area contributed by atoms with E-state index in [1.54, 1.807) is 4.90 Å². The molecule has 0 aromatic rings. The number of likely N-dealkylation sites (tertiary alicyclic amines) is 2. The third-order valence-electron chi connectivity index (χ3n) is 17.2. The number of hydrogen-bond acceptors (Lipinski definition) is 8. The number of nitrogens with one attached hydrogen (secondary N) is 4. The molecule has 13 nitrogen and oxygen atoms in total.